The maximum Gasteiger partial charge on any atom is 0.314 e. The quantitative estimate of drug-likeness (QED) is 0.922. The second-order valence-electron chi connectivity index (χ2n) is 4.92. The summed E-state index contributed by atoms with van der Waals surface area (Å²) in [6.45, 7) is 1.58. The molecular weight excluding hydrogens is 279 g/mol. The van der Waals surface area contributed by atoms with Crippen LogP contribution in [0.3, 0.4) is 0 Å². The van der Waals surface area contributed by atoms with E-state index in [4.69, 9.17) is 11.6 Å². The third kappa shape index (κ3) is 2.83. The van der Waals surface area contributed by atoms with Gasteiger partial charge in [0.2, 0.25) is 0 Å². The normalized spacial score (nSPS) is 13.8. The molecule has 0 bridgehead atoms. The van der Waals surface area contributed by atoms with E-state index in [1.165, 1.54) is 18.2 Å². The summed E-state index contributed by atoms with van der Waals surface area (Å²) >= 11 is 6.09. The standard InChI is InChI=1S/C16H14ClFO2/c1-16(15(19)20,12-6-4-7-13(18)9-12)10-11-5-2-3-8-14(11)17/h2-9H,10H2,1H3,(H,19,20). The largest absolute Gasteiger partial charge is 0.481 e. The first-order chi connectivity index (χ1) is 9.43. The van der Waals surface area contributed by atoms with Crippen molar-refractivity contribution in [2.45, 2.75) is 18.8 Å². The Bertz CT molecular complexity index is 642. The topological polar surface area (TPSA) is 37.3 Å². The number of carbonyl (C=O) groups is 1. The molecule has 2 nitrogen and oxygen atoms in total. The van der Waals surface area contributed by atoms with Crippen molar-refractivity contribution in [3.05, 3.63) is 70.5 Å². The molecule has 2 aromatic rings. The third-order valence-corrected chi connectivity index (χ3v) is 3.80. The van der Waals surface area contributed by atoms with Crippen LogP contribution in [-0.2, 0) is 16.6 Å². The Kier molecular flexibility index (Phi) is 4.09. The Labute approximate surface area is 121 Å². The van der Waals surface area contributed by atoms with Crippen LogP contribution in [0.25, 0.3) is 0 Å². The second kappa shape index (κ2) is 5.63. The molecule has 0 aliphatic rings. The predicted octanol–water partition coefficient (Wildman–Crippen LogP) is 4.06. The van der Waals surface area contributed by atoms with Crippen LogP contribution in [0.1, 0.15) is 18.1 Å². The molecule has 0 amide bonds. The number of aliphatic carboxylic acids is 1. The molecule has 0 aromatic heterocycles. The van der Waals surface area contributed by atoms with E-state index in [-0.39, 0.29) is 6.42 Å². The molecule has 0 saturated heterocycles. The van der Waals surface area contributed by atoms with Crippen molar-refractivity contribution >= 4 is 17.6 Å². The van der Waals surface area contributed by atoms with Crippen LogP contribution < -0.4 is 0 Å². The number of halogens is 2. The molecular formula is C16H14ClFO2. The highest BCUT2D eigenvalue weighted by Gasteiger charge is 2.36. The fourth-order valence-electron chi connectivity index (χ4n) is 2.16. The zero-order valence-electron chi connectivity index (χ0n) is 10.9. The number of benzene rings is 2. The lowest BCUT2D eigenvalue weighted by Crippen LogP contribution is -2.35. The minimum Gasteiger partial charge on any atom is -0.481 e. The van der Waals surface area contributed by atoms with E-state index < -0.39 is 17.2 Å². The van der Waals surface area contributed by atoms with Gasteiger partial charge in [-0.1, -0.05) is 41.9 Å². The maximum absolute atomic E-state index is 13.4. The highest BCUT2D eigenvalue weighted by atomic mass is 35.5. The van der Waals surface area contributed by atoms with Crippen LogP contribution in [0.2, 0.25) is 5.02 Å². The number of carboxylic acids is 1. The highest BCUT2D eigenvalue weighted by molar-refractivity contribution is 6.31. The Morgan fingerprint density at radius 1 is 1.25 bits per heavy atom. The highest BCUT2D eigenvalue weighted by Crippen LogP contribution is 2.31. The van der Waals surface area contributed by atoms with E-state index in [9.17, 15) is 14.3 Å². The molecule has 1 unspecified atom stereocenters. The molecule has 0 radical (unpaired) electrons. The van der Waals surface area contributed by atoms with E-state index in [1.54, 1.807) is 37.3 Å². The van der Waals surface area contributed by atoms with Gasteiger partial charge in [-0.3, -0.25) is 4.79 Å². The van der Waals surface area contributed by atoms with Crippen LogP contribution in [-0.4, -0.2) is 11.1 Å². The van der Waals surface area contributed by atoms with Crippen molar-refractivity contribution in [1.82, 2.24) is 0 Å². The zero-order valence-corrected chi connectivity index (χ0v) is 11.7. The predicted molar refractivity (Wildman–Crippen MR) is 76.5 cm³/mol. The summed E-state index contributed by atoms with van der Waals surface area (Å²) in [5.41, 5.74) is -0.0825. The number of hydrogen-bond donors (Lipinski definition) is 1. The third-order valence-electron chi connectivity index (χ3n) is 3.44. The molecule has 0 saturated carbocycles. The van der Waals surface area contributed by atoms with Gasteiger partial charge in [0.05, 0.1) is 5.41 Å². The SMILES string of the molecule is CC(Cc1ccccc1Cl)(C(=O)O)c1cccc(F)c1. The van der Waals surface area contributed by atoms with Gasteiger partial charge in [0.1, 0.15) is 5.82 Å². The summed E-state index contributed by atoms with van der Waals surface area (Å²) in [6.07, 6.45) is 0.200. The van der Waals surface area contributed by atoms with Crippen molar-refractivity contribution in [3.8, 4) is 0 Å². The summed E-state index contributed by atoms with van der Waals surface area (Å²) in [6, 6.07) is 12.8. The number of rotatable bonds is 4. The lowest BCUT2D eigenvalue weighted by atomic mass is 9.77. The number of hydrogen-bond acceptors (Lipinski definition) is 1. The van der Waals surface area contributed by atoms with Crippen molar-refractivity contribution < 1.29 is 14.3 Å². The van der Waals surface area contributed by atoms with Gasteiger partial charge >= 0.3 is 5.97 Å². The fraction of sp³-hybridized carbons (Fsp3) is 0.188. The van der Waals surface area contributed by atoms with E-state index in [2.05, 4.69) is 0 Å². The lowest BCUT2D eigenvalue weighted by Gasteiger charge is -2.26. The first-order valence-electron chi connectivity index (χ1n) is 6.16. The van der Waals surface area contributed by atoms with Crippen molar-refractivity contribution in [1.29, 1.82) is 0 Å². The van der Waals surface area contributed by atoms with Gasteiger partial charge in [-0.15, -0.1) is 0 Å². The summed E-state index contributed by atoms with van der Waals surface area (Å²) < 4.78 is 13.4. The molecule has 0 aliphatic heterocycles. The smallest absolute Gasteiger partial charge is 0.314 e. The summed E-state index contributed by atoms with van der Waals surface area (Å²) in [5.74, 6) is -1.46. The van der Waals surface area contributed by atoms with E-state index >= 15 is 0 Å². The maximum atomic E-state index is 13.4. The van der Waals surface area contributed by atoms with E-state index in [0.717, 1.165) is 5.56 Å². The van der Waals surface area contributed by atoms with Crippen LogP contribution in [0.4, 0.5) is 4.39 Å². The molecule has 20 heavy (non-hydrogen) atoms. The number of carboxylic acid groups (broad SMARTS) is 1. The molecule has 0 fully saturated rings. The van der Waals surface area contributed by atoms with E-state index in [0.29, 0.717) is 10.6 Å². The Morgan fingerprint density at radius 3 is 2.55 bits per heavy atom. The molecule has 0 spiro atoms. The zero-order chi connectivity index (χ0) is 14.8. The van der Waals surface area contributed by atoms with E-state index in [1.807, 2.05) is 0 Å². The Morgan fingerprint density at radius 2 is 1.95 bits per heavy atom. The summed E-state index contributed by atoms with van der Waals surface area (Å²) in [4.78, 5) is 11.7. The average Bonchev–Trinajstić information content (AvgIpc) is 2.41. The van der Waals surface area contributed by atoms with Gasteiger partial charge in [-0.2, -0.15) is 0 Å². The second-order valence-corrected chi connectivity index (χ2v) is 5.32. The van der Waals surface area contributed by atoms with Gasteiger partial charge in [0.25, 0.3) is 0 Å². The van der Waals surface area contributed by atoms with Crippen molar-refractivity contribution in [3.63, 3.8) is 0 Å². The van der Waals surface area contributed by atoms with Gasteiger partial charge < -0.3 is 5.11 Å². The summed E-state index contributed by atoms with van der Waals surface area (Å²) in [5, 5.41) is 10.1. The van der Waals surface area contributed by atoms with Gasteiger partial charge in [0.15, 0.2) is 0 Å². The monoisotopic (exact) mass is 292 g/mol. The molecule has 2 aromatic carbocycles. The molecule has 4 heteroatoms. The van der Waals surface area contributed by atoms with Crippen molar-refractivity contribution in [2.24, 2.45) is 0 Å². The van der Waals surface area contributed by atoms with Gasteiger partial charge in [-0.05, 0) is 42.7 Å². The molecule has 1 N–H and O–H groups in total. The first kappa shape index (κ1) is 14.5. The van der Waals surface area contributed by atoms with Gasteiger partial charge in [-0.25, -0.2) is 4.39 Å². The molecule has 2 rings (SSSR count). The summed E-state index contributed by atoms with van der Waals surface area (Å²) in [7, 11) is 0. The Balaban J connectivity index is 2.46. The average molecular weight is 293 g/mol. The first-order valence-corrected chi connectivity index (χ1v) is 6.54. The Hall–Kier alpha value is -1.87. The van der Waals surface area contributed by atoms with Crippen molar-refractivity contribution in [2.75, 3.05) is 0 Å². The molecule has 0 aliphatic carbocycles. The molecule has 104 valence electrons. The van der Waals surface area contributed by atoms with Crippen LogP contribution in [0.5, 0.6) is 0 Å². The minimum absolute atomic E-state index is 0.200. The molecule has 0 heterocycles. The molecule has 1 atom stereocenters. The van der Waals surface area contributed by atoms with Crippen LogP contribution in [0, 0.1) is 5.82 Å². The fourth-order valence-corrected chi connectivity index (χ4v) is 2.36. The lowest BCUT2D eigenvalue weighted by molar-refractivity contribution is -0.143. The van der Waals surface area contributed by atoms with Crippen LogP contribution >= 0.6 is 11.6 Å². The van der Waals surface area contributed by atoms with Gasteiger partial charge in [0, 0.05) is 5.02 Å². The minimum atomic E-state index is -1.23. The van der Waals surface area contributed by atoms with Crippen LogP contribution in [0.15, 0.2) is 48.5 Å².